The van der Waals surface area contributed by atoms with Gasteiger partial charge in [-0.1, -0.05) is 51.1 Å². The van der Waals surface area contributed by atoms with Crippen molar-refractivity contribution in [3.63, 3.8) is 0 Å². The van der Waals surface area contributed by atoms with Crippen LogP contribution in [0.4, 0.5) is 0 Å². The number of hydrogen-bond donors (Lipinski definition) is 1. The third kappa shape index (κ3) is 3.31. The normalized spacial score (nSPS) is 31.5. The minimum atomic E-state index is 0.291. The first kappa shape index (κ1) is 15.0. The number of benzene rings is 1. The van der Waals surface area contributed by atoms with Gasteiger partial charge in [-0.15, -0.1) is 0 Å². The minimum Gasteiger partial charge on any atom is -0.380 e. The Morgan fingerprint density at radius 2 is 1.95 bits per heavy atom. The van der Waals surface area contributed by atoms with Gasteiger partial charge in [0, 0.05) is 37.8 Å². The van der Waals surface area contributed by atoms with Crippen LogP contribution in [0.15, 0.2) is 30.3 Å². The lowest BCUT2D eigenvalue weighted by Crippen LogP contribution is -2.59. The minimum absolute atomic E-state index is 0.291. The number of rotatable bonds is 2. The SMILES string of the molecule is CC(C)(C)C1CN(C2CCOC2)C(c2ccccc2)CN1. The molecule has 3 atom stereocenters. The Labute approximate surface area is 128 Å². The van der Waals surface area contributed by atoms with E-state index in [-0.39, 0.29) is 0 Å². The summed E-state index contributed by atoms with van der Waals surface area (Å²) < 4.78 is 5.65. The van der Waals surface area contributed by atoms with Gasteiger partial charge < -0.3 is 10.1 Å². The molecule has 1 aromatic rings. The average molecular weight is 288 g/mol. The fourth-order valence-electron chi connectivity index (χ4n) is 3.53. The predicted molar refractivity (Wildman–Crippen MR) is 86.4 cm³/mol. The lowest BCUT2D eigenvalue weighted by Gasteiger charge is -2.47. The Balaban J connectivity index is 1.82. The molecule has 0 bridgehead atoms. The van der Waals surface area contributed by atoms with Crippen molar-refractivity contribution >= 4 is 0 Å². The van der Waals surface area contributed by atoms with Crippen molar-refractivity contribution in [3.8, 4) is 0 Å². The van der Waals surface area contributed by atoms with Crippen LogP contribution < -0.4 is 5.32 Å². The summed E-state index contributed by atoms with van der Waals surface area (Å²) in [6, 6.07) is 12.5. The van der Waals surface area contributed by atoms with E-state index in [0.29, 0.717) is 23.5 Å². The van der Waals surface area contributed by atoms with Crippen LogP contribution in [-0.4, -0.2) is 43.3 Å². The van der Waals surface area contributed by atoms with E-state index in [2.05, 4.69) is 61.3 Å². The lowest BCUT2D eigenvalue weighted by molar-refractivity contribution is 0.0425. The Morgan fingerprint density at radius 3 is 2.57 bits per heavy atom. The molecule has 0 aliphatic carbocycles. The monoisotopic (exact) mass is 288 g/mol. The Kier molecular flexibility index (Phi) is 4.34. The van der Waals surface area contributed by atoms with Crippen LogP contribution >= 0.6 is 0 Å². The van der Waals surface area contributed by atoms with Gasteiger partial charge in [0.1, 0.15) is 0 Å². The molecule has 2 aliphatic rings. The molecule has 2 fully saturated rings. The summed E-state index contributed by atoms with van der Waals surface area (Å²) in [4.78, 5) is 2.69. The summed E-state index contributed by atoms with van der Waals surface area (Å²) in [7, 11) is 0. The maximum atomic E-state index is 5.65. The van der Waals surface area contributed by atoms with E-state index >= 15 is 0 Å². The molecule has 0 radical (unpaired) electrons. The van der Waals surface area contributed by atoms with E-state index in [9.17, 15) is 0 Å². The van der Waals surface area contributed by atoms with Gasteiger partial charge in [-0.05, 0) is 17.4 Å². The highest BCUT2D eigenvalue weighted by molar-refractivity contribution is 5.21. The number of nitrogens with one attached hydrogen (secondary N) is 1. The van der Waals surface area contributed by atoms with Crippen LogP contribution in [0.3, 0.4) is 0 Å². The van der Waals surface area contributed by atoms with Crippen LogP contribution in [0.1, 0.15) is 38.8 Å². The quantitative estimate of drug-likeness (QED) is 0.905. The van der Waals surface area contributed by atoms with Crippen molar-refractivity contribution < 1.29 is 4.74 Å². The highest BCUT2D eigenvalue weighted by atomic mass is 16.5. The molecule has 3 nitrogen and oxygen atoms in total. The second-order valence-electron chi connectivity index (χ2n) is 7.47. The Bertz CT molecular complexity index is 448. The molecule has 0 amide bonds. The Morgan fingerprint density at radius 1 is 1.19 bits per heavy atom. The van der Waals surface area contributed by atoms with Crippen molar-refractivity contribution in [2.75, 3.05) is 26.3 Å². The number of nitrogens with zero attached hydrogens (tertiary/aromatic N) is 1. The molecule has 2 saturated heterocycles. The maximum Gasteiger partial charge on any atom is 0.0622 e. The fraction of sp³-hybridized carbons (Fsp3) is 0.667. The van der Waals surface area contributed by atoms with Gasteiger partial charge in [0.25, 0.3) is 0 Å². The van der Waals surface area contributed by atoms with E-state index < -0.39 is 0 Å². The molecule has 3 heteroatoms. The topological polar surface area (TPSA) is 24.5 Å². The molecule has 1 aromatic carbocycles. The van der Waals surface area contributed by atoms with Gasteiger partial charge >= 0.3 is 0 Å². The smallest absolute Gasteiger partial charge is 0.0622 e. The standard InChI is InChI=1S/C18H28N2O/c1-18(2,3)17-12-20(15-9-10-21-13-15)16(11-19-17)14-7-5-4-6-8-14/h4-8,15-17,19H,9-13H2,1-3H3. The number of ether oxygens (including phenoxy) is 1. The summed E-state index contributed by atoms with van der Waals surface area (Å²) in [6.07, 6.45) is 1.17. The van der Waals surface area contributed by atoms with E-state index in [1.165, 1.54) is 12.0 Å². The zero-order chi connectivity index (χ0) is 14.9. The van der Waals surface area contributed by atoms with E-state index in [4.69, 9.17) is 4.74 Å². The molecule has 0 saturated carbocycles. The second kappa shape index (κ2) is 6.07. The maximum absolute atomic E-state index is 5.65. The van der Waals surface area contributed by atoms with Crippen LogP contribution in [0.5, 0.6) is 0 Å². The molecule has 2 aliphatic heterocycles. The van der Waals surface area contributed by atoms with Crippen molar-refractivity contribution in [1.82, 2.24) is 10.2 Å². The van der Waals surface area contributed by atoms with Crippen LogP contribution in [-0.2, 0) is 4.74 Å². The van der Waals surface area contributed by atoms with Gasteiger partial charge in [0.05, 0.1) is 6.61 Å². The molecule has 21 heavy (non-hydrogen) atoms. The van der Waals surface area contributed by atoms with Gasteiger partial charge in [-0.2, -0.15) is 0 Å². The van der Waals surface area contributed by atoms with Crippen molar-refractivity contribution in [2.24, 2.45) is 5.41 Å². The first-order valence-corrected chi connectivity index (χ1v) is 8.17. The van der Waals surface area contributed by atoms with Crippen LogP contribution in [0.25, 0.3) is 0 Å². The summed E-state index contributed by atoms with van der Waals surface area (Å²) in [6.45, 7) is 10.9. The Hall–Kier alpha value is -0.900. The second-order valence-corrected chi connectivity index (χ2v) is 7.47. The first-order chi connectivity index (χ1) is 10.1. The zero-order valence-corrected chi connectivity index (χ0v) is 13.5. The van der Waals surface area contributed by atoms with Gasteiger partial charge in [0.2, 0.25) is 0 Å². The van der Waals surface area contributed by atoms with Crippen LogP contribution in [0.2, 0.25) is 0 Å². The number of piperazine rings is 1. The summed E-state index contributed by atoms with van der Waals surface area (Å²) in [5.74, 6) is 0. The predicted octanol–water partition coefficient (Wildman–Crippen LogP) is 2.84. The van der Waals surface area contributed by atoms with Crippen molar-refractivity contribution in [1.29, 1.82) is 0 Å². The third-order valence-corrected chi connectivity index (χ3v) is 4.96. The van der Waals surface area contributed by atoms with E-state index in [1.54, 1.807) is 0 Å². The molecule has 116 valence electrons. The zero-order valence-electron chi connectivity index (χ0n) is 13.5. The molecule has 1 N–H and O–H groups in total. The molecule has 3 rings (SSSR count). The van der Waals surface area contributed by atoms with E-state index in [0.717, 1.165) is 26.3 Å². The molecule has 0 spiro atoms. The van der Waals surface area contributed by atoms with Crippen molar-refractivity contribution in [2.45, 2.75) is 45.3 Å². The average Bonchev–Trinajstić information content (AvgIpc) is 3.01. The highest BCUT2D eigenvalue weighted by Crippen LogP contribution is 2.32. The van der Waals surface area contributed by atoms with Crippen molar-refractivity contribution in [3.05, 3.63) is 35.9 Å². The summed E-state index contributed by atoms with van der Waals surface area (Å²) in [5.41, 5.74) is 1.71. The summed E-state index contributed by atoms with van der Waals surface area (Å²) >= 11 is 0. The van der Waals surface area contributed by atoms with Gasteiger partial charge in [-0.3, -0.25) is 4.90 Å². The lowest BCUT2D eigenvalue weighted by atomic mass is 9.83. The van der Waals surface area contributed by atoms with Crippen LogP contribution in [0, 0.1) is 5.41 Å². The summed E-state index contributed by atoms with van der Waals surface area (Å²) in [5, 5.41) is 3.78. The van der Waals surface area contributed by atoms with E-state index in [1.807, 2.05) is 0 Å². The highest BCUT2D eigenvalue weighted by Gasteiger charge is 2.38. The molecule has 2 heterocycles. The molecular formula is C18H28N2O. The third-order valence-electron chi connectivity index (χ3n) is 4.96. The fourth-order valence-corrected chi connectivity index (χ4v) is 3.53. The molecule has 3 unspecified atom stereocenters. The molecular weight excluding hydrogens is 260 g/mol. The number of hydrogen-bond acceptors (Lipinski definition) is 3. The largest absolute Gasteiger partial charge is 0.380 e. The van der Waals surface area contributed by atoms with Gasteiger partial charge in [0.15, 0.2) is 0 Å². The first-order valence-electron chi connectivity index (χ1n) is 8.17. The molecule has 0 aromatic heterocycles. The van der Waals surface area contributed by atoms with Gasteiger partial charge in [-0.25, -0.2) is 0 Å².